The number of methoxy groups -OCH3 is 2. The molecule has 3 rings (SSSR count). The van der Waals surface area contributed by atoms with Crippen LogP contribution in [0.4, 0.5) is 0 Å². The summed E-state index contributed by atoms with van der Waals surface area (Å²) >= 11 is 0. The number of nitrogens with one attached hydrogen (secondary N) is 2. The molecular weight excluding hydrogens is 390 g/mol. The molecule has 1 fully saturated rings. The number of nitrogens with zero attached hydrogens (tertiary/aromatic N) is 1. The number of rotatable bonds is 8. The number of quaternary nitrogens is 2. The number of likely N-dealkylation sites (N-methyl/N-ethyl adjacent to an activating group) is 1. The van der Waals surface area contributed by atoms with Crippen molar-refractivity contribution in [1.82, 2.24) is 4.90 Å². The van der Waals surface area contributed by atoms with E-state index in [1.54, 1.807) is 19.1 Å². The quantitative estimate of drug-likeness (QED) is 0.636. The lowest BCUT2D eigenvalue weighted by atomic mass is 10.1. The van der Waals surface area contributed by atoms with Crippen molar-refractivity contribution in [3.63, 3.8) is 0 Å². The van der Waals surface area contributed by atoms with Crippen LogP contribution in [0, 0.1) is 13.8 Å². The molecule has 0 aliphatic carbocycles. The largest absolute Gasteiger partial charge is 0.493 e. The highest BCUT2D eigenvalue weighted by molar-refractivity contribution is 5.76. The predicted octanol–water partition coefficient (Wildman–Crippen LogP) is 0.263. The maximum absolute atomic E-state index is 12.9. The summed E-state index contributed by atoms with van der Waals surface area (Å²) in [7, 11) is 5.16. The van der Waals surface area contributed by atoms with Crippen molar-refractivity contribution in [3.05, 3.63) is 58.7 Å². The molecule has 0 unspecified atom stereocenters. The first-order valence-corrected chi connectivity index (χ1v) is 11.1. The molecule has 168 valence electrons. The lowest BCUT2D eigenvalue weighted by molar-refractivity contribution is -1.02. The second kappa shape index (κ2) is 10.6. The van der Waals surface area contributed by atoms with E-state index in [1.807, 2.05) is 31.0 Å². The van der Waals surface area contributed by atoms with E-state index in [-0.39, 0.29) is 5.91 Å². The van der Waals surface area contributed by atoms with Gasteiger partial charge in [0.15, 0.2) is 18.0 Å². The molecule has 6 heteroatoms. The van der Waals surface area contributed by atoms with Crippen molar-refractivity contribution >= 4 is 5.91 Å². The van der Waals surface area contributed by atoms with Crippen molar-refractivity contribution in [2.24, 2.45) is 0 Å². The molecule has 1 aliphatic heterocycles. The van der Waals surface area contributed by atoms with Crippen molar-refractivity contribution in [2.75, 3.05) is 54.0 Å². The molecule has 1 aliphatic rings. The minimum absolute atomic E-state index is 0.186. The first-order valence-electron chi connectivity index (χ1n) is 11.1. The van der Waals surface area contributed by atoms with Gasteiger partial charge in [-0.1, -0.05) is 29.8 Å². The van der Waals surface area contributed by atoms with Gasteiger partial charge in [0.05, 0.1) is 14.2 Å². The van der Waals surface area contributed by atoms with Gasteiger partial charge in [-0.05, 0) is 37.1 Å². The number of amides is 1. The van der Waals surface area contributed by atoms with E-state index in [4.69, 9.17) is 9.47 Å². The van der Waals surface area contributed by atoms with Gasteiger partial charge in [-0.15, -0.1) is 0 Å². The summed E-state index contributed by atoms with van der Waals surface area (Å²) in [5, 5.41) is 0. The van der Waals surface area contributed by atoms with Gasteiger partial charge in [-0.3, -0.25) is 4.79 Å². The van der Waals surface area contributed by atoms with Gasteiger partial charge in [0, 0.05) is 19.2 Å². The van der Waals surface area contributed by atoms with E-state index in [0.717, 1.165) is 43.9 Å². The number of aryl methyl sites for hydroxylation is 2. The SMILES string of the molecule is COc1cc(C)c(CN(C)C(=O)C[NH+]2CC[NH+](Cc3cccc(C)c3)CC2)cc1OC. The molecule has 2 aromatic rings. The Kier molecular flexibility index (Phi) is 7.93. The summed E-state index contributed by atoms with van der Waals surface area (Å²) in [6.45, 7) is 10.7. The summed E-state index contributed by atoms with van der Waals surface area (Å²) < 4.78 is 10.8. The van der Waals surface area contributed by atoms with E-state index >= 15 is 0 Å². The Labute approximate surface area is 186 Å². The van der Waals surface area contributed by atoms with E-state index in [1.165, 1.54) is 16.0 Å². The van der Waals surface area contributed by atoms with Gasteiger partial charge in [0.25, 0.3) is 5.91 Å². The van der Waals surface area contributed by atoms with Crippen LogP contribution in [-0.4, -0.2) is 64.8 Å². The molecule has 0 aromatic heterocycles. The lowest BCUT2D eigenvalue weighted by Gasteiger charge is -2.30. The monoisotopic (exact) mass is 427 g/mol. The number of ether oxygens (including phenoxy) is 2. The second-order valence-corrected chi connectivity index (χ2v) is 8.73. The first kappa shape index (κ1) is 23.1. The Morgan fingerprint density at radius 3 is 2.26 bits per heavy atom. The third-order valence-electron chi connectivity index (χ3n) is 6.28. The normalized spacial score (nSPS) is 18.5. The Morgan fingerprint density at radius 2 is 1.61 bits per heavy atom. The van der Waals surface area contributed by atoms with Gasteiger partial charge in [0.2, 0.25) is 0 Å². The number of hydrogen-bond donors (Lipinski definition) is 2. The first-order chi connectivity index (χ1) is 14.9. The fraction of sp³-hybridized carbons (Fsp3) is 0.480. The molecule has 2 aromatic carbocycles. The van der Waals surface area contributed by atoms with Crippen LogP contribution in [0.15, 0.2) is 36.4 Å². The third-order valence-corrected chi connectivity index (χ3v) is 6.28. The van der Waals surface area contributed by atoms with Crippen molar-refractivity contribution in [3.8, 4) is 11.5 Å². The molecule has 0 radical (unpaired) electrons. The zero-order valence-electron chi connectivity index (χ0n) is 19.6. The van der Waals surface area contributed by atoms with Crippen LogP contribution in [0.5, 0.6) is 11.5 Å². The fourth-order valence-corrected chi connectivity index (χ4v) is 4.31. The average molecular weight is 428 g/mol. The van der Waals surface area contributed by atoms with Crippen molar-refractivity contribution in [2.45, 2.75) is 26.9 Å². The highest BCUT2D eigenvalue weighted by Gasteiger charge is 2.26. The van der Waals surface area contributed by atoms with Crippen molar-refractivity contribution < 1.29 is 24.1 Å². The number of carbonyl (C=O) groups is 1. The molecule has 0 atom stereocenters. The topological polar surface area (TPSA) is 47.6 Å². The highest BCUT2D eigenvalue weighted by atomic mass is 16.5. The van der Waals surface area contributed by atoms with Gasteiger partial charge in [0.1, 0.15) is 32.7 Å². The maximum atomic E-state index is 12.9. The minimum atomic E-state index is 0.186. The van der Waals surface area contributed by atoms with Crippen LogP contribution in [0.2, 0.25) is 0 Å². The number of benzene rings is 2. The third kappa shape index (κ3) is 6.21. The summed E-state index contributed by atoms with van der Waals surface area (Å²) in [5.41, 5.74) is 4.90. The molecule has 6 nitrogen and oxygen atoms in total. The van der Waals surface area contributed by atoms with Gasteiger partial charge in [-0.2, -0.15) is 0 Å². The van der Waals surface area contributed by atoms with Crippen LogP contribution in [-0.2, 0) is 17.9 Å². The average Bonchev–Trinajstić information content (AvgIpc) is 2.76. The minimum Gasteiger partial charge on any atom is -0.493 e. The summed E-state index contributed by atoms with van der Waals surface area (Å²) in [6, 6.07) is 12.7. The molecule has 2 N–H and O–H groups in total. The summed E-state index contributed by atoms with van der Waals surface area (Å²) in [4.78, 5) is 17.7. The Balaban J connectivity index is 1.49. The van der Waals surface area contributed by atoms with Crippen molar-refractivity contribution in [1.29, 1.82) is 0 Å². The molecular formula is C25H37N3O3+2. The molecule has 1 saturated heterocycles. The Bertz CT molecular complexity index is 892. The predicted molar refractivity (Wildman–Crippen MR) is 122 cm³/mol. The van der Waals surface area contributed by atoms with E-state index in [2.05, 4.69) is 31.2 Å². The van der Waals surface area contributed by atoms with E-state index < -0.39 is 0 Å². The lowest BCUT2D eigenvalue weighted by Crippen LogP contribution is -3.28. The molecule has 0 saturated carbocycles. The van der Waals surface area contributed by atoms with Gasteiger partial charge < -0.3 is 24.2 Å². The van der Waals surface area contributed by atoms with E-state index in [0.29, 0.717) is 24.6 Å². The van der Waals surface area contributed by atoms with Crippen LogP contribution in [0.25, 0.3) is 0 Å². The Morgan fingerprint density at radius 1 is 0.968 bits per heavy atom. The molecule has 0 spiro atoms. The highest BCUT2D eigenvalue weighted by Crippen LogP contribution is 2.30. The maximum Gasteiger partial charge on any atom is 0.277 e. The fourth-order valence-electron chi connectivity index (χ4n) is 4.31. The Hall–Kier alpha value is -2.57. The number of piperazine rings is 1. The van der Waals surface area contributed by atoms with Crippen LogP contribution < -0.4 is 19.3 Å². The zero-order chi connectivity index (χ0) is 22.4. The van der Waals surface area contributed by atoms with Crippen LogP contribution in [0.1, 0.15) is 22.3 Å². The standard InChI is InChI=1S/C25H35N3O3/c1-19-7-6-8-21(13-19)16-27-9-11-28(12-10-27)18-25(29)26(3)17-22-15-24(31-5)23(30-4)14-20(22)2/h6-8,13-15H,9-12,16-18H2,1-5H3/p+2. The number of hydrogen-bond acceptors (Lipinski definition) is 3. The molecule has 0 bridgehead atoms. The molecule has 1 amide bonds. The number of carbonyl (C=O) groups excluding carboxylic acids is 1. The molecule has 31 heavy (non-hydrogen) atoms. The second-order valence-electron chi connectivity index (χ2n) is 8.73. The summed E-state index contributed by atoms with van der Waals surface area (Å²) in [6.07, 6.45) is 0. The van der Waals surface area contributed by atoms with E-state index in [9.17, 15) is 4.79 Å². The molecule has 1 heterocycles. The van der Waals surface area contributed by atoms with Crippen LogP contribution in [0.3, 0.4) is 0 Å². The van der Waals surface area contributed by atoms with Crippen LogP contribution >= 0.6 is 0 Å². The van der Waals surface area contributed by atoms with Gasteiger partial charge in [-0.25, -0.2) is 0 Å². The summed E-state index contributed by atoms with van der Waals surface area (Å²) in [5.74, 6) is 1.60. The zero-order valence-corrected chi connectivity index (χ0v) is 19.6. The van der Waals surface area contributed by atoms with Gasteiger partial charge >= 0.3 is 0 Å². The smallest absolute Gasteiger partial charge is 0.277 e.